The number of fused-ring (bicyclic) bond motifs is 1. The van der Waals surface area contributed by atoms with Gasteiger partial charge >= 0.3 is 0 Å². The van der Waals surface area contributed by atoms with Crippen LogP contribution in [0.3, 0.4) is 0 Å². The van der Waals surface area contributed by atoms with Crippen molar-refractivity contribution in [1.82, 2.24) is 14.9 Å². The number of rotatable bonds is 4. The molecule has 2 unspecified atom stereocenters. The van der Waals surface area contributed by atoms with E-state index in [4.69, 9.17) is 4.74 Å². The number of aromatic nitrogens is 2. The Kier molecular flexibility index (Phi) is 2.75. The van der Waals surface area contributed by atoms with Crippen LogP contribution in [0.25, 0.3) is 0 Å². The van der Waals surface area contributed by atoms with Crippen LogP contribution in [0.5, 0.6) is 0 Å². The normalized spacial score (nSPS) is 28.5. The molecular weight excluding hydrogens is 295 g/mol. The molecule has 1 aromatic heterocycles. The van der Waals surface area contributed by atoms with Gasteiger partial charge in [0.2, 0.25) is 5.95 Å². The third-order valence-corrected chi connectivity index (χ3v) is 4.88. The van der Waals surface area contributed by atoms with Gasteiger partial charge in [-0.05, 0) is 42.5 Å². The van der Waals surface area contributed by atoms with Crippen molar-refractivity contribution in [2.75, 3.05) is 25.0 Å². The highest BCUT2D eigenvalue weighted by molar-refractivity contribution is 5.55. The zero-order chi connectivity index (χ0) is 15.4. The zero-order valence-electron chi connectivity index (χ0n) is 12.6. The first-order valence-electron chi connectivity index (χ1n) is 8.03. The van der Waals surface area contributed by atoms with E-state index in [9.17, 15) is 4.39 Å². The molecule has 3 heterocycles. The first kappa shape index (κ1) is 13.4. The molecule has 23 heavy (non-hydrogen) atoms. The van der Waals surface area contributed by atoms with E-state index in [2.05, 4.69) is 20.2 Å². The maximum atomic E-state index is 14.5. The Morgan fingerprint density at radius 3 is 2.70 bits per heavy atom. The van der Waals surface area contributed by atoms with Crippen molar-refractivity contribution in [3.63, 3.8) is 0 Å². The lowest BCUT2D eigenvalue weighted by Crippen LogP contribution is -2.14. The molecule has 0 amide bonds. The maximum absolute atomic E-state index is 14.5. The lowest BCUT2D eigenvalue weighted by molar-refractivity contribution is 0.0559. The van der Waals surface area contributed by atoms with Crippen LogP contribution >= 0.6 is 0 Å². The van der Waals surface area contributed by atoms with Crippen LogP contribution in [0.15, 0.2) is 30.6 Å². The molecule has 2 saturated heterocycles. The van der Waals surface area contributed by atoms with Crippen LogP contribution in [-0.2, 0) is 10.5 Å². The smallest absolute Gasteiger partial charge is 0.227 e. The van der Waals surface area contributed by atoms with E-state index in [0.717, 1.165) is 13.1 Å². The van der Waals surface area contributed by atoms with Gasteiger partial charge in [0.25, 0.3) is 0 Å². The van der Waals surface area contributed by atoms with Gasteiger partial charge in [-0.25, -0.2) is 14.4 Å². The van der Waals surface area contributed by atoms with Gasteiger partial charge in [0, 0.05) is 36.7 Å². The minimum absolute atomic E-state index is 0.256. The summed E-state index contributed by atoms with van der Waals surface area (Å²) < 4.78 is 20.2. The van der Waals surface area contributed by atoms with Crippen molar-refractivity contribution in [1.29, 1.82) is 0 Å². The fourth-order valence-corrected chi connectivity index (χ4v) is 3.35. The number of ether oxygens (including phenoxy) is 1. The third-order valence-electron chi connectivity index (χ3n) is 4.88. The van der Waals surface area contributed by atoms with Crippen LogP contribution in [0, 0.1) is 5.82 Å². The predicted octanol–water partition coefficient (Wildman–Crippen LogP) is 2.74. The first-order chi connectivity index (χ1) is 11.2. The molecule has 6 heteroatoms. The zero-order valence-corrected chi connectivity index (χ0v) is 12.6. The Hall–Kier alpha value is -2.05. The Balaban J connectivity index is 1.36. The van der Waals surface area contributed by atoms with Crippen molar-refractivity contribution >= 4 is 11.6 Å². The molecule has 118 valence electrons. The lowest BCUT2D eigenvalue weighted by atomic mass is 10.1. The highest BCUT2D eigenvalue weighted by Crippen LogP contribution is 2.48. The van der Waals surface area contributed by atoms with Gasteiger partial charge in [0.15, 0.2) is 5.72 Å². The molecule has 0 radical (unpaired) electrons. The van der Waals surface area contributed by atoms with Crippen molar-refractivity contribution in [3.05, 3.63) is 47.5 Å². The van der Waals surface area contributed by atoms with Crippen molar-refractivity contribution in [3.8, 4) is 0 Å². The van der Waals surface area contributed by atoms with Gasteiger partial charge in [-0.2, -0.15) is 0 Å². The van der Waals surface area contributed by atoms with Gasteiger partial charge in [-0.15, -0.1) is 0 Å². The molecule has 2 aliphatic heterocycles. The standard InChI is InChI=1S/C17H17FN4O/c18-15-7-13(3-4-14(15)17-10-22(17)5-6-23-17)21-16-19-8-12(9-20-16)11-1-2-11/h3-4,7-9,11H,1-2,5-6,10H2,(H,19,20,21). The van der Waals surface area contributed by atoms with Crippen molar-refractivity contribution in [2.24, 2.45) is 0 Å². The van der Waals surface area contributed by atoms with Crippen LogP contribution in [0.2, 0.25) is 0 Å². The summed E-state index contributed by atoms with van der Waals surface area (Å²) in [5.41, 5.74) is 1.94. The molecule has 2 atom stereocenters. The van der Waals surface area contributed by atoms with Gasteiger partial charge in [-0.1, -0.05) is 0 Å². The van der Waals surface area contributed by atoms with Gasteiger partial charge in [0.05, 0.1) is 6.61 Å². The Morgan fingerprint density at radius 1 is 1.26 bits per heavy atom. The maximum Gasteiger partial charge on any atom is 0.227 e. The molecule has 0 bridgehead atoms. The van der Waals surface area contributed by atoms with Crippen molar-refractivity contribution in [2.45, 2.75) is 24.5 Å². The lowest BCUT2D eigenvalue weighted by Gasteiger charge is -2.14. The summed E-state index contributed by atoms with van der Waals surface area (Å²) in [5, 5.41) is 3.06. The fraction of sp³-hybridized carbons (Fsp3) is 0.412. The SMILES string of the molecule is Fc1cc(Nc2ncc(C3CC3)cn2)ccc1C12CN1CCO2. The summed E-state index contributed by atoms with van der Waals surface area (Å²) in [5.74, 6) is 0.867. The second-order valence-corrected chi connectivity index (χ2v) is 6.49. The van der Waals surface area contributed by atoms with E-state index in [-0.39, 0.29) is 5.82 Å². The number of anilines is 2. The highest BCUT2D eigenvalue weighted by Gasteiger charge is 2.59. The van der Waals surface area contributed by atoms with E-state index < -0.39 is 5.72 Å². The topological polar surface area (TPSA) is 50.0 Å². The van der Waals surface area contributed by atoms with Crippen LogP contribution in [0.1, 0.15) is 29.9 Å². The minimum Gasteiger partial charge on any atom is -0.353 e. The van der Waals surface area contributed by atoms with E-state index in [1.807, 2.05) is 18.5 Å². The summed E-state index contributed by atoms with van der Waals surface area (Å²) in [6.45, 7) is 2.32. The second kappa shape index (κ2) is 4.72. The molecule has 3 aliphatic rings. The molecule has 1 aliphatic carbocycles. The van der Waals surface area contributed by atoms with Crippen LogP contribution in [-0.4, -0.2) is 34.6 Å². The quantitative estimate of drug-likeness (QED) is 0.880. The van der Waals surface area contributed by atoms with E-state index in [0.29, 0.717) is 29.7 Å². The summed E-state index contributed by atoms with van der Waals surface area (Å²) in [7, 11) is 0. The highest BCUT2D eigenvalue weighted by atomic mass is 19.1. The molecule has 5 nitrogen and oxygen atoms in total. The summed E-state index contributed by atoms with van der Waals surface area (Å²) in [6, 6.07) is 5.13. The number of hydrogen-bond acceptors (Lipinski definition) is 5. The fourth-order valence-electron chi connectivity index (χ4n) is 3.35. The largest absolute Gasteiger partial charge is 0.353 e. The van der Waals surface area contributed by atoms with Crippen LogP contribution < -0.4 is 5.32 Å². The third kappa shape index (κ3) is 2.21. The van der Waals surface area contributed by atoms with E-state index in [1.54, 1.807) is 6.07 Å². The Labute approximate surface area is 133 Å². The van der Waals surface area contributed by atoms with Gasteiger partial charge in [-0.3, -0.25) is 4.90 Å². The van der Waals surface area contributed by atoms with Gasteiger partial charge in [0.1, 0.15) is 5.82 Å². The average molecular weight is 312 g/mol. The molecule has 1 aromatic carbocycles. The average Bonchev–Trinajstić information content (AvgIpc) is 3.47. The molecule has 2 aromatic rings. The number of benzene rings is 1. The summed E-state index contributed by atoms with van der Waals surface area (Å²) in [6.07, 6.45) is 6.16. The number of nitrogens with one attached hydrogen (secondary N) is 1. The van der Waals surface area contributed by atoms with E-state index >= 15 is 0 Å². The predicted molar refractivity (Wildman–Crippen MR) is 82.9 cm³/mol. The second-order valence-electron chi connectivity index (χ2n) is 6.49. The van der Waals surface area contributed by atoms with Crippen LogP contribution in [0.4, 0.5) is 16.0 Å². The molecule has 5 rings (SSSR count). The number of nitrogens with zero attached hydrogens (tertiary/aromatic N) is 3. The number of halogens is 1. The van der Waals surface area contributed by atoms with Crippen molar-refractivity contribution < 1.29 is 9.13 Å². The monoisotopic (exact) mass is 312 g/mol. The summed E-state index contributed by atoms with van der Waals surface area (Å²) >= 11 is 0. The number of morpholine rings is 1. The minimum atomic E-state index is -0.509. The molecule has 1 saturated carbocycles. The number of hydrogen-bond donors (Lipinski definition) is 1. The molecule has 1 N–H and O–H groups in total. The first-order valence-corrected chi connectivity index (χ1v) is 8.03. The van der Waals surface area contributed by atoms with Gasteiger partial charge < -0.3 is 10.1 Å². The Morgan fingerprint density at radius 2 is 2.09 bits per heavy atom. The molecular formula is C17H17FN4O. The van der Waals surface area contributed by atoms with E-state index in [1.165, 1.54) is 24.5 Å². The molecule has 0 spiro atoms. The summed E-state index contributed by atoms with van der Waals surface area (Å²) in [4.78, 5) is 10.8. The Bertz CT molecular complexity index is 762. The molecule has 3 fully saturated rings.